The minimum Gasteiger partial charge on any atom is -0.462 e. The number of aliphatic hydroxyl groups excluding tert-OH is 2. The quantitative estimate of drug-likeness (QED) is 0.0245. The van der Waals surface area contributed by atoms with Gasteiger partial charge < -0.3 is 20.3 Å². The maximum Gasteiger partial charge on any atom is 0.306 e. The summed E-state index contributed by atoms with van der Waals surface area (Å²) in [7, 11) is 0. The standard InChI is InChI=1S/C57H103NO5/c1-4-7-10-13-16-19-22-25-27-28-29-30-32-35-38-41-44-47-50-57(62)63-53(48-45-42-39-36-33-31-26-23-20-17-14-11-8-5-2)51-56(61)58-54(52-59)55(60)49-46-43-40-37-34-24-21-18-15-12-9-6-3/h8,11,17,20,26-31,53-55,59-60H,4-7,9-10,12-16,18-19,21-25,32-52H2,1-3H3,(H,58,61)/b11-8+,20-17+,28-27+,30-29+,31-26+. The molecule has 0 fully saturated rings. The van der Waals surface area contributed by atoms with Crippen molar-refractivity contribution in [2.75, 3.05) is 6.61 Å². The number of hydrogen-bond acceptors (Lipinski definition) is 5. The van der Waals surface area contributed by atoms with Crippen LogP contribution in [0.15, 0.2) is 60.8 Å². The van der Waals surface area contributed by atoms with Crippen molar-refractivity contribution >= 4 is 11.9 Å². The molecule has 0 aliphatic heterocycles. The zero-order chi connectivity index (χ0) is 45.9. The van der Waals surface area contributed by atoms with Crippen LogP contribution in [0.2, 0.25) is 0 Å². The summed E-state index contributed by atoms with van der Waals surface area (Å²) in [6.07, 6.45) is 62.8. The first kappa shape index (κ1) is 60.6. The highest BCUT2D eigenvalue weighted by Gasteiger charge is 2.24. The third kappa shape index (κ3) is 45.9. The average Bonchev–Trinajstić information content (AvgIpc) is 3.28. The fourth-order valence-electron chi connectivity index (χ4n) is 8.02. The molecule has 1 amide bonds. The van der Waals surface area contributed by atoms with E-state index in [1.54, 1.807) is 0 Å². The highest BCUT2D eigenvalue weighted by atomic mass is 16.5. The van der Waals surface area contributed by atoms with E-state index in [9.17, 15) is 19.8 Å². The third-order valence-corrected chi connectivity index (χ3v) is 12.1. The summed E-state index contributed by atoms with van der Waals surface area (Å²) < 4.78 is 5.93. The van der Waals surface area contributed by atoms with Crippen LogP contribution in [0.25, 0.3) is 0 Å². The lowest BCUT2D eigenvalue weighted by molar-refractivity contribution is -0.151. The molecule has 366 valence electrons. The van der Waals surface area contributed by atoms with E-state index in [0.29, 0.717) is 19.3 Å². The Bertz CT molecular complexity index is 1130. The highest BCUT2D eigenvalue weighted by Crippen LogP contribution is 2.17. The summed E-state index contributed by atoms with van der Waals surface area (Å²) in [5.41, 5.74) is 0. The molecule has 0 aliphatic rings. The number of nitrogens with one attached hydrogen (secondary N) is 1. The van der Waals surface area contributed by atoms with E-state index in [1.807, 2.05) is 0 Å². The zero-order valence-electron chi connectivity index (χ0n) is 41.7. The third-order valence-electron chi connectivity index (χ3n) is 12.1. The molecule has 0 radical (unpaired) electrons. The number of allylic oxidation sites excluding steroid dienone is 10. The van der Waals surface area contributed by atoms with E-state index in [0.717, 1.165) is 109 Å². The lowest BCUT2D eigenvalue weighted by atomic mass is 10.0. The molecule has 0 spiro atoms. The first-order chi connectivity index (χ1) is 31.0. The number of unbranched alkanes of at least 4 members (excludes halogenated alkanes) is 27. The van der Waals surface area contributed by atoms with Gasteiger partial charge in [-0.2, -0.15) is 0 Å². The molecule has 0 aromatic rings. The molecule has 6 heteroatoms. The van der Waals surface area contributed by atoms with Gasteiger partial charge in [0.25, 0.3) is 0 Å². The van der Waals surface area contributed by atoms with Crippen LogP contribution in [0.1, 0.15) is 265 Å². The summed E-state index contributed by atoms with van der Waals surface area (Å²) in [5, 5.41) is 23.8. The number of carbonyl (C=O) groups excluding carboxylic acids is 2. The SMILES string of the molecule is CC/C=C/C/C=C/C/C=C/CCCCCCC(CC(=O)NC(CO)C(O)CCCCCCCCCCCCCC)OC(=O)CCCCCCC/C=C/C=C/CCCCCCCCC. The van der Waals surface area contributed by atoms with Crippen molar-refractivity contribution in [3.05, 3.63) is 60.8 Å². The van der Waals surface area contributed by atoms with Crippen LogP contribution in [0, 0.1) is 0 Å². The number of amides is 1. The van der Waals surface area contributed by atoms with Crippen LogP contribution in [-0.4, -0.2) is 46.9 Å². The van der Waals surface area contributed by atoms with Crippen LogP contribution in [0.4, 0.5) is 0 Å². The van der Waals surface area contributed by atoms with Crippen LogP contribution < -0.4 is 5.32 Å². The molecule has 6 nitrogen and oxygen atoms in total. The minimum absolute atomic E-state index is 0.0554. The van der Waals surface area contributed by atoms with Crippen molar-refractivity contribution in [3.8, 4) is 0 Å². The van der Waals surface area contributed by atoms with Crippen molar-refractivity contribution in [1.29, 1.82) is 0 Å². The predicted molar refractivity (Wildman–Crippen MR) is 273 cm³/mol. The molecule has 63 heavy (non-hydrogen) atoms. The van der Waals surface area contributed by atoms with Gasteiger partial charge in [0.05, 0.1) is 25.2 Å². The van der Waals surface area contributed by atoms with Gasteiger partial charge in [-0.15, -0.1) is 0 Å². The summed E-state index contributed by atoms with van der Waals surface area (Å²) in [5.74, 6) is -0.510. The second kappa shape index (κ2) is 50.6. The van der Waals surface area contributed by atoms with E-state index in [1.165, 1.54) is 109 Å². The van der Waals surface area contributed by atoms with E-state index in [-0.39, 0.29) is 24.9 Å². The van der Waals surface area contributed by atoms with E-state index in [4.69, 9.17) is 4.74 Å². The number of carbonyl (C=O) groups is 2. The van der Waals surface area contributed by atoms with Crippen LogP contribution in [0.5, 0.6) is 0 Å². The van der Waals surface area contributed by atoms with Gasteiger partial charge in [0, 0.05) is 6.42 Å². The van der Waals surface area contributed by atoms with Gasteiger partial charge in [0.15, 0.2) is 0 Å². The fourth-order valence-corrected chi connectivity index (χ4v) is 8.02. The van der Waals surface area contributed by atoms with Gasteiger partial charge in [-0.1, -0.05) is 229 Å². The molecule has 0 saturated carbocycles. The summed E-state index contributed by atoms with van der Waals surface area (Å²) in [6, 6.07) is -0.713. The van der Waals surface area contributed by atoms with Gasteiger partial charge in [-0.3, -0.25) is 9.59 Å². The minimum atomic E-state index is -0.798. The van der Waals surface area contributed by atoms with Crippen molar-refractivity contribution in [2.45, 2.75) is 283 Å². The van der Waals surface area contributed by atoms with Crippen molar-refractivity contribution < 1.29 is 24.5 Å². The first-order valence-electron chi connectivity index (χ1n) is 27.0. The Morgan fingerprint density at radius 3 is 1.40 bits per heavy atom. The monoisotopic (exact) mass is 882 g/mol. The molecule has 0 rings (SSSR count). The second-order valence-corrected chi connectivity index (χ2v) is 18.3. The maximum atomic E-state index is 13.2. The van der Waals surface area contributed by atoms with Gasteiger partial charge in [-0.25, -0.2) is 0 Å². The van der Waals surface area contributed by atoms with E-state index in [2.05, 4.69) is 86.8 Å². The molecule has 3 unspecified atom stereocenters. The van der Waals surface area contributed by atoms with Crippen LogP contribution in [-0.2, 0) is 14.3 Å². The van der Waals surface area contributed by atoms with Gasteiger partial charge in [-0.05, 0) is 83.5 Å². The molecule has 0 saturated heterocycles. The average molecular weight is 882 g/mol. The van der Waals surface area contributed by atoms with Crippen molar-refractivity contribution in [3.63, 3.8) is 0 Å². The van der Waals surface area contributed by atoms with Crippen molar-refractivity contribution in [2.24, 2.45) is 0 Å². The Kier molecular flexibility index (Phi) is 48.6. The Labute approximate surface area is 390 Å². The smallest absolute Gasteiger partial charge is 0.306 e. The molecule has 0 bridgehead atoms. The lowest BCUT2D eigenvalue weighted by Crippen LogP contribution is -2.46. The number of esters is 1. The molecule has 0 aromatic carbocycles. The maximum absolute atomic E-state index is 13.2. The fraction of sp³-hybridized carbons (Fsp3) is 0.789. The zero-order valence-corrected chi connectivity index (χ0v) is 41.7. The summed E-state index contributed by atoms with van der Waals surface area (Å²) in [4.78, 5) is 26.2. The molecular weight excluding hydrogens is 779 g/mol. The molecule has 3 atom stereocenters. The summed E-state index contributed by atoms with van der Waals surface area (Å²) in [6.45, 7) is 6.36. The normalized spacial score (nSPS) is 13.7. The van der Waals surface area contributed by atoms with E-state index < -0.39 is 18.2 Å². The molecular formula is C57H103NO5. The highest BCUT2D eigenvalue weighted by molar-refractivity contribution is 5.77. The summed E-state index contributed by atoms with van der Waals surface area (Å²) >= 11 is 0. The first-order valence-corrected chi connectivity index (χ1v) is 27.0. The molecule has 0 heterocycles. The Balaban J connectivity index is 4.62. The largest absolute Gasteiger partial charge is 0.462 e. The molecule has 0 aromatic heterocycles. The second-order valence-electron chi connectivity index (χ2n) is 18.3. The Morgan fingerprint density at radius 2 is 0.905 bits per heavy atom. The number of rotatable bonds is 48. The van der Waals surface area contributed by atoms with E-state index >= 15 is 0 Å². The van der Waals surface area contributed by atoms with Crippen LogP contribution >= 0.6 is 0 Å². The predicted octanol–water partition coefficient (Wildman–Crippen LogP) is 16.4. The lowest BCUT2D eigenvalue weighted by Gasteiger charge is -2.24. The number of hydrogen-bond donors (Lipinski definition) is 3. The molecule has 3 N–H and O–H groups in total. The Morgan fingerprint density at radius 1 is 0.492 bits per heavy atom. The molecule has 0 aliphatic carbocycles. The van der Waals surface area contributed by atoms with Gasteiger partial charge in [0.1, 0.15) is 6.10 Å². The number of ether oxygens (including phenoxy) is 1. The van der Waals surface area contributed by atoms with Crippen molar-refractivity contribution in [1.82, 2.24) is 5.32 Å². The van der Waals surface area contributed by atoms with Gasteiger partial charge in [0.2, 0.25) is 5.91 Å². The number of aliphatic hydroxyl groups is 2. The van der Waals surface area contributed by atoms with Crippen LogP contribution in [0.3, 0.4) is 0 Å². The van der Waals surface area contributed by atoms with Gasteiger partial charge >= 0.3 is 5.97 Å². The Hall–Kier alpha value is -2.44. The topological polar surface area (TPSA) is 95.9 Å².